The van der Waals surface area contributed by atoms with Crippen LogP contribution in [-0.4, -0.2) is 20.7 Å². The molecule has 2 atom stereocenters. The molecule has 0 saturated heterocycles. The van der Waals surface area contributed by atoms with Gasteiger partial charge in [-0.2, -0.15) is 5.10 Å². The first-order valence-corrected chi connectivity index (χ1v) is 5.84. The largest absolute Gasteiger partial charge is 0.348 e. The summed E-state index contributed by atoms with van der Waals surface area (Å²) in [5.74, 6) is 2.80. The molecule has 1 amide bonds. The van der Waals surface area contributed by atoms with E-state index in [0.29, 0.717) is 12.4 Å². The highest BCUT2D eigenvalue weighted by Gasteiger charge is 2.47. The summed E-state index contributed by atoms with van der Waals surface area (Å²) in [5.41, 5.74) is 0. The van der Waals surface area contributed by atoms with Crippen LogP contribution in [-0.2, 0) is 18.4 Å². The predicted molar refractivity (Wildman–Crippen MR) is 57.2 cm³/mol. The Hall–Kier alpha value is -1.39. The first-order valence-electron chi connectivity index (χ1n) is 5.84. The Kier molecular flexibility index (Phi) is 2.19. The van der Waals surface area contributed by atoms with Gasteiger partial charge in [0.15, 0.2) is 5.82 Å². The molecule has 1 heterocycles. The third-order valence-electron chi connectivity index (χ3n) is 3.68. The lowest BCUT2D eigenvalue weighted by molar-refractivity contribution is -0.125. The highest BCUT2D eigenvalue weighted by atomic mass is 16.1. The number of carbonyl (C=O) groups is 1. The maximum atomic E-state index is 11.8. The summed E-state index contributed by atoms with van der Waals surface area (Å²) in [6.07, 6.45) is 5.18. The minimum Gasteiger partial charge on any atom is -0.348 e. The quantitative estimate of drug-likeness (QED) is 0.806. The molecule has 1 aromatic heterocycles. The fourth-order valence-electron chi connectivity index (χ4n) is 2.70. The number of hydrogen-bond acceptors (Lipinski definition) is 3. The van der Waals surface area contributed by atoms with E-state index in [4.69, 9.17) is 0 Å². The van der Waals surface area contributed by atoms with Crippen LogP contribution in [0.2, 0.25) is 0 Å². The maximum absolute atomic E-state index is 11.8. The molecule has 0 spiro atoms. The van der Waals surface area contributed by atoms with Gasteiger partial charge < -0.3 is 5.32 Å². The molecule has 1 aromatic rings. The van der Waals surface area contributed by atoms with Crippen LogP contribution in [0.3, 0.4) is 0 Å². The van der Waals surface area contributed by atoms with Crippen molar-refractivity contribution in [1.82, 2.24) is 20.1 Å². The van der Waals surface area contributed by atoms with Crippen molar-refractivity contribution in [2.75, 3.05) is 0 Å². The average molecular weight is 220 g/mol. The zero-order valence-corrected chi connectivity index (χ0v) is 9.39. The van der Waals surface area contributed by atoms with Crippen LogP contribution in [0, 0.1) is 17.8 Å². The molecule has 2 unspecified atom stereocenters. The van der Waals surface area contributed by atoms with Crippen LogP contribution in [0.5, 0.6) is 0 Å². The van der Waals surface area contributed by atoms with Gasteiger partial charge >= 0.3 is 0 Å². The molecule has 0 aliphatic heterocycles. The van der Waals surface area contributed by atoms with Crippen LogP contribution in [0.15, 0.2) is 6.33 Å². The molecule has 2 aliphatic rings. The van der Waals surface area contributed by atoms with Gasteiger partial charge in [-0.3, -0.25) is 9.48 Å². The zero-order valence-electron chi connectivity index (χ0n) is 9.39. The maximum Gasteiger partial charge on any atom is 0.223 e. The van der Waals surface area contributed by atoms with Crippen LogP contribution in [0.25, 0.3) is 0 Å². The molecule has 2 saturated carbocycles. The average Bonchev–Trinajstić information content (AvgIpc) is 2.71. The van der Waals surface area contributed by atoms with E-state index in [9.17, 15) is 4.79 Å². The van der Waals surface area contributed by atoms with Gasteiger partial charge in [0.25, 0.3) is 0 Å². The van der Waals surface area contributed by atoms with E-state index in [1.54, 1.807) is 11.0 Å². The topological polar surface area (TPSA) is 59.8 Å². The van der Waals surface area contributed by atoms with E-state index in [2.05, 4.69) is 15.4 Å². The minimum absolute atomic E-state index is 0.180. The van der Waals surface area contributed by atoms with Crippen molar-refractivity contribution in [1.29, 1.82) is 0 Å². The van der Waals surface area contributed by atoms with E-state index < -0.39 is 0 Å². The Balaban J connectivity index is 1.49. The van der Waals surface area contributed by atoms with Gasteiger partial charge in [-0.05, 0) is 31.1 Å². The third-order valence-corrected chi connectivity index (χ3v) is 3.68. The van der Waals surface area contributed by atoms with Gasteiger partial charge in [0.2, 0.25) is 5.91 Å². The van der Waals surface area contributed by atoms with Crippen molar-refractivity contribution in [3.8, 4) is 0 Å². The highest BCUT2D eigenvalue weighted by molar-refractivity contribution is 5.79. The number of nitrogens with one attached hydrogen (secondary N) is 1. The summed E-state index contributed by atoms with van der Waals surface area (Å²) in [5, 5.41) is 7.04. The number of aryl methyl sites for hydroxylation is 1. The first-order chi connectivity index (χ1) is 7.72. The molecule has 0 bridgehead atoms. The second-order valence-corrected chi connectivity index (χ2v) is 4.98. The summed E-state index contributed by atoms with van der Waals surface area (Å²) >= 11 is 0. The van der Waals surface area contributed by atoms with Crippen molar-refractivity contribution >= 4 is 5.91 Å². The van der Waals surface area contributed by atoms with Gasteiger partial charge in [0.05, 0.1) is 6.54 Å². The second-order valence-electron chi connectivity index (χ2n) is 4.98. The van der Waals surface area contributed by atoms with E-state index >= 15 is 0 Å². The lowest BCUT2D eigenvalue weighted by Crippen LogP contribution is -2.30. The van der Waals surface area contributed by atoms with E-state index in [1.807, 2.05) is 7.05 Å². The van der Waals surface area contributed by atoms with Crippen LogP contribution in [0.1, 0.15) is 25.1 Å². The van der Waals surface area contributed by atoms with Crippen molar-refractivity contribution < 1.29 is 4.79 Å². The molecule has 2 fully saturated rings. The Morgan fingerprint density at radius 3 is 2.88 bits per heavy atom. The predicted octanol–water partition coefficient (Wildman–Crippen LogP) is 0.477. The highest BCUT2D eigenvalue weighted by Crippen LogP contribution is 2.54. The summed E-state index contributed by atoms with van der Waals surface area (Å²) in [4.78, 5) is 15.9. The summed E-state index contributed by atoms with van der Waals surface area (Å²) in [6.45, 7) is 0.450. The molecular formula is C11H16N4O. The van der Waals surface area contributed by atoms with Gasteiger partial charge in [-0.25, -0.2) is 4.98 Å². The number of aromatic nitrogens is 3. The van der Waals surface area contributed by atoms with Crippen LogP contribution < -0.4 is 5.32 Å². The normalized spacial score (nSPS) is 31.2. The lowest BCUT2D eigenvalue weighted by atomic mass is 10.0. The number of amides is 1. The van der Waals surface area contributed by atoms with Crippen molar-refractivity contribution in [2.45, 2.75) is 25.8 Å². The number of nitrogens with zero attached hydrogens (tertiary/aromatic N) is 3. The van der Waals surface area contributed by atoms with E-state index in [-0.39, 0.29) is 11.8 Å². The molecule has 3 rings (SSSR count). The fraction of sp³-hybridized carbons (Fsp3) is 0.727. The minimum atomic E-state index is 0.180. The first kappa shape index (κ1) is 9.81. The number of carbonyl (C=O) groups excluding carboxylic acids is 1. The van der Waals surface area contributed by atoms with Gasteiger partial charge in [-0.1, -0.05) is 0 Å². The van der Waals surface area contributed by atoms with Crippen LogP contribution in [0.4, 0.5) is 0 Å². The van der Waals surface area contributed by atoms with Crippen molar-refractivity contribution in [3.63, 3.8) is 0 Å². The van der Waals surface area contributed by atoms with Gasteiger partial charge in [-0.15, -0.1) is 0 Å². The van der Waals surface area contributed by atoms with Crippen molar-refractivity contribution in [3.05, 3.63) is 12.2 Å². The van der Waals surface area contributed by atoms with Crippen molar-refractivity contribution in [2.24, 2.45) is 24.8 Å². The summed E-state index contributed by atoms with van der Waals surface area (Å²) in [6, 6.07) is 0. The summed E-state index contributed by atoms with van der Waals surface area (Å²) < 4.78 is 1.65. The molecule has 1 N–H and O–H groups in total. The molecular weight excluding hydrogens is 204 g/mol. The summed E-state index contributed by atoms with van der Waals surface area (Å²) in [7, 11) is 1.82. The Bertz CT molecular complexity index is 404. The fourth-order valence-corrected chi connectivity index (χ4v) is 2.70. The standard InChI is InChI=1S/C11H16N4O/c1-15-6-13-10(14-15)5-12-11(16)9-3-7-2-8(7)4-9/h6-9H,2-5H2,1H3,(H,12,16). The number of rotatable bonds is 3. The molecule has 16 heavy (non-hydrogen) atoms. The lowest BCUT2D eigenvalue weighted by Gasteiger charge is -2.10. The Morgan fingerprint density at radius 2 is 2.25 bits per heavy atom. The molecule has 86 valence electrons. The zero-order chi connectivity index (χ0) is 11.1. The Morgan fingerprint density at radius 1 is 1.50 bits per heavy atom. The molecule has 0 aromatic carbocycles. The van der Waals surface area contributed by atoms with Crippen LogP contribution >= 0.6 is 0 Å². The monoisotopic (exact) mass is 220 g/mol. The molecule has 0 radical (unpaired) electrons. The number of fused-ring (bicyclic) bond motifs is 1. The Labute approximate surface area is 94.2 Å². The van der Waals surface area contributed by atoms with Gasteiger partial charge in [0, 0.05) is 13.0 Å². The second kappa shape index (κ2) is 3.57. The number of hydrogen-bond donors (Lipinski definition) is 1. The third kappa shape index (κ3) is 1.81. The molecule has 2 aliphatic carbocycles. The van der Waals surface area contributed by atoms with Gasteiger partial charge in [0.1, 0.15) is 6.33 Å². The SMILES string of the molecule is Cn1cnc(CNC(=O)C2CC3CC3C2)n1. The molecule has 5 heteroatoms. The molecule has 5 nitrogen and oxygen atoms in total. The smallest absolute Gasteiger partial charge is 0.223 e. The van der Waals surface area contributed by atoms with E-state index in [1.165, 1.54) is 6.42 Å². The van der Waals surface area contributed by atoms with E-state index in [0.717, 1.165) is 24.7 Å².